The quantitative estimate of drug-likeness (QED) is 0.898. The Labute approximate surface area is 106 Å². The van der Waals surface area contributed by atoms with Gasteiger partial charge in [0.05, 0.1) is 5.01 Å². The van der Waals surface area contributed by atoms with E-state index in [9.17, 15) is 0 Å². The van der Waals surface area contributed by atoms with Crippen molar-refractivity contribution in [2.45, 2.75) is 25.3 Å². The minimum Gasteiger partial charge on any atom is -0.312 e. The number of aromatic nitrogens is 1. The lowest BCUT2D eigenvalue weighted by Gasteiger charge is -2.26. The Morgan fingerprint density at radius 2 is 2.29 bits per heavy atom. The van der Waals surface area contributed by atoms with Gasteiger partial charge in [0, 0.05) is 24.7 Å². The molecule has 0 bridgehead atoms. The van der Waals surface area contributed by atoms with Gasteiger partial charge in [-0.1, -0.05) is 24.3 Å². The van der Waals surface area contributed by atoms with Crippen molar-refractivity contribution in [3.8, 4) is 0 Å². The third-order valence-electron chi connectivity index (χ3n) is 3.39. The first-order chi connectivity index (χ1) is 8.43. The number of aryl methyl sites for hydroxylation is 1. The average Bonchev–Trinajstić information content (AvgIpc) is 2.89. The monoisotopic (exact) mass is 244 g/mol. The predicted octanol–water partition coefficient (Wildman–Crippen LogP) is 2.96. The predicted molar refractivity (Wildman–Crippen MR) is 71.3 cm³/mol. The summed E-state index contributed by atoms with van der Waals surface area (Å²) in [5, 5.41) is 6.82. The Bertz CT molecular complexity index is 479. The summed E-state index contributed by atoms with van der Waals surface area (Å²) in [6.45, 7) is 2.12. The number of thiazole rings is 1. The molecule has 0 aliphatic carbocycles. The van der Waals surface area contributed by atoms with Gasteiger partial charge >= 0.3 is 0 Å². The Morgan fingerprint density at radius 1 is 1.35 bits per heavy atom. The van der Waals surface area contributed by atoms with Gasteiger partial charge in [0.25, 0.3) is 0 Å². The molecule has 2 heterocycles. The maximum atomic E-state index is 4.35. The fourth-order valence-electron chi connectivity index (χ4n) is 2.52. The van der Waals surface area contributed by atoms with Crippen LogP contribution in [0.1, 0.15) is 28.5 Å². The van der Waals surface area contributed by atoms with Crippen LogP contribution < -0.4 is 5.32 Å². The second-order valence-electron chi connectivity index (χ2n) is 4.49. The summed E-state index contributed by atoms with van der Waals surface area (Å²) in [6.07, 6.45) is 4.18. The van der Waals surface area contributed by atoms with E-state index in [0.717, 1.165) is 19.5 Å². The Balaban J connectivity index is 1.72. The normalized spacial score (nSPS) is 18.9. The van der Waals surface area contributed by atoms with Crippen LogP contribution in [0.2, 0.25) is 0 Å². The molecule has 2 nitrogen and oxygen atoms in total. The number of fused-ring (bicyclic) bond motifs is 1. The van der Waals surface area contributed by atoms with Crippen LogP contribution in [0.15, 0.2) is 35.8 Å². The lowest BCUT2D eigenvalue weighted by atomic mass is 9.88. The van der Waals surface area contributed by atoms with Crippen molar-refractivity contribution in [1.82, 2.24) is 10.3 Å². The molecule has 0 saturated heterocycles. The summed E-state index contributed by atoms with van der Waals surface area (Å²) < 4.78 is 0. The van der Waals surface area contributed by atoms with Crippen LogP contribution in [0.3, 0.4) is 0 Å². The van der Waals surface area contributed by atoms with Gasteiger partial charge < -0.3 is 5.32 Å². The molecule has 3 heteroatoms. The van der Waals surface area contributed by atoms with Gasteiger partial charge in [-0.3, -0.25) is 0 Å². The molecule has 1 N–H and O–H groups in total. The molecular weight excluding hydrogens is 228 g/mol. The highest BCUT2D eigenvalue weighted by Crippen LogP contribution is 2.27. The number of nitrogens with one attached hydrogen (secondary N) is 1. The van der Waals surface area contributed by atoms with Gasteiger partial charge in [0.15, 0.2) is 0 Å². The van der Waals surface area contributed by atoms with Crippen molar-refractivity contribution in [2.75, 3.05) is 6.54 Å². The van der Waals surface area contributed by atoms with Crippen molar-refractivity contribution in [2.24, 2.45) is 0 Å². The van der Waals surface area contributed by atoms with Crippen LogP contribution in [0, 0.1) is 0 Å². The summed E-state index contributed by atoms with van der Waals surface area (Å²) in [4.78, 5) is 4.35. The molecule has 1 aliphatic heterocycles. The van der Waals surface area contributed by atoms with Crippen molar-refractivity contribution in [3.05, 3.63) is 52.0 Å². The summed E-state index contributed by atoms with van der Waals surface area (Å²) in [5.41, 5.74) is 2.99. The molecule has 0 saturated carbocycles. The third-order valence-corrected chi connectivity index (χ3v) is 4.23. The maximum Gasteiger partial charge on any atom is 0.0925 e. The van der Waals surface area contributed by atoms with Crippen LogP contribution in [-0.2, 0) is 13.0 Å². The van der Waals surface area contributed by atoms with E-state index in [4.69, 9.17) is 0 Å². The van der Waals surface area contributed by atoms with E-state index in [1.807, 2.05) is 6.20 Å². The standard InChI is InChI=1S/C14H16N2S/c1-2-4-13-11(3-1)9-15-10-12(13)5-6-14-16-7-8-17-14/h1-4,7-8,12,15H,5-6,9-10H2. The SMILES string of the molecule is c1ccc2c(c1)CNCC2CCc1nccs1. The average molecular weight is 244 g/mol. The van der Waals surface area contributed by atoms with Gasteiger partial charge in [-0.25, -0.2) is 4.98 Å². The van der Waals surface area contributed by atoms with Gasteiger partial charge in [-0.05, 0) is 29.9 Å². The highest BCUT2D eigenvalue weighted by molar-refractivity contribution is 7.09. The highest BCUT2D eigenvalue weighted by atomic mass is 32.1. The molecule has 0 amide bonds. The zero-order chi connectivity index (χ0) is 11.5. The van der Waals surface area contributed by atoms with Crippen LogP contribution in [0.5, 0.6) is 0 Å². The molecule has 17 heavy (non-hydrogen) atoms. The zero-order valence-electron chi connectivity index (χ0n) is 9.73. The van der Waals surface area contributed by atoms with Gasteiger partial charge in [0.1, 0.15) is 0 Å². The fourth-order valence-corrected chi connectivity index (χ4v) is 3.15. The summed E-state index contributed by atoms with van der Waals surface area (Å²) in [5.74, 6) is 0.642. The molecule has 88 valence electrons. The first-order valence-corrected chi connectivity index (χ1v) is 6.98. The van der Waals surface area contributed by atoms with E-state index in [1.165, 1.54) is 22.6 Å². The minimum absolute atomic E-state index is 0.642. The third kappa shape index (κ3) is 2.40. The number of benzene rings is 1. The second-order valence-corrected chi connectivity index (χ2v) is 5.47. The van der Waals surface area contributed by atoms with E-state index in [0.29, 0.717) is 5.92 Å². The van der Waals surface area contributed by atoms with E-state index in [1.54, 1.807) is 11.3 Å². The van der Waals surface area contributed by atoms with E-state index < -0.39 is 0 Å². The largest absolute Gasteiger partial charge is 0.312 e. The summed E-state index contributed by atoms with van der Waals surface area (Å²) in [7, 11) is 0. The minimum atomic E-state index is 0.642. The van der Waals surface area contributed by atoms with E-state index in [2.05, 4.69) is 39.9 Å². The fraction of sp³-hybridized carbons (Fsp3) is 0.357. The Hall–Kier alpha value is -1.19. The highest BCUT2D eigenvalue weighted by Gasteiger charge is 2.19. The van der Waals surface area contributed by atoms with Crippen LogP contribution in [0.4, 0.5) is 0 Å². The maximum absolute atomic E-state index is 4.35. The molecule has 0 radical (unpaired) electrons. The molecule has 1 atom stereocenters. The summed E-state index contributed by atoms with van der Waals surface area (Å²) >= 11 is 1.76. The molecule has 1 aliphatic rings. The van der Waals surface area contributed by atoms with Crippen LogP contribution in [-0.4, -0.2) is 11.5 Å². The molecule has 0 spiro atoms. The second kappa shape index (κ2) is 4.98. The smallest absolute Gasteiger partial charge is 0.0925 e. The molecule has 1 aromatic carbocycles. The first kappa shape index (κ1) is 10.9. The lowest BCUT2D eigenvalue weighted by molar-refractivity contribution is 0.513. The number of nitrogens with zero attached hydrogens (tertiary/aromatic N) is 1. The van der Waals surface area contributed by atoms with Crippen molar-refractivity contribution in [3.63, 3.8) is 0 Å². The number of hydrogen-bond acceptors (Lipinski definition) is 3. The first-order valence-electron chi connectivity index (χ1n) is 6.10. The number of hydrogen-bond donors (Lipinski definition) is 1. The zero-order valence-corrected chi connectivity index (χ0v) is 10.5. The van der Waals surface area contributed by atoms with Crippen molar-refractivity contribution >= 4 is 11.3 Å². The molecular formula is C14H16N2S. The van der Waals surface area contributed by atoms with Crippen molar-refractivity contribution in [1.29, 1.82) is 0 Å². The van der Waals surface area contributed by atoms with Gasteiger partial charge in [0.2, 0.25) is 0 Å². The molecule has 1 aromatic heterocycles. The molecule has 1 unspecified atom stereocenters. The molecule has 3 rings (SSSR count). The Kier molecular flexibility index (Phi) is 3.20. The van der Waals surface area contributed by atoms with E-state index >= 15 is 0 Å². The van der Waals surface area contributed by atoms with Crippen LogP contribution in [0.25, 0.3) is 0 Å². The topological polar surface area (TPSA) is 24.9 Å². The lowest BCUT2D eigenvalue weighted by Crippen LogP contribution is -2.28. The van der Waals surface area contributed by atoms with E-state index in [-0.39, 0.29) is 0 Å². The van der Waals surface area contributed by atoms with Crippen LogP contribution >= 0.6 is 11.3 Å². The summed E-state index contributed by atoms with van der Waals surface area (Å²) in [6, 6.07) is 8.80. The van der Waals surface area contributed by atoms with Gasteiger partial charge in [-0.2, -0.15) is 0 Å². The molecule has 0 fully saturated rings. The Morgan fingerprint density at radius 3 is 3.18 bits per heavy atom. The molecule has 2 aromatic rings. The van der Waals surface area contributed by atoms with Gasteiger partial charge in [-0.15, -0.1) is 11.3 Å². The van der Waals surface area contributed by atoms with Crippen molar-refractivity contribution < 1.29 is 0 Å². The number of rotatable bonds is 3.